The fraction of sp³-hybridized carbons (Fsp3) is 0.500. The maximum atomic E-state index is 14.6. The molecule has 2 amide bonds. The number of halogens is 7. The molecule has 0 aromatic heterocycles. The van der Waals surface area contributed by atoms with Crippen LogP contribution in [0.4, 0.5) is 58.7 Å². The molecule has 4 aliphatic heterocycles. The van der Waals surface area contributed by atoms with Gasteiger partial charge >= 0.3 is 12.2 Å². The average molecular weight is 821 g/mol. The molecule has 0 bridgehead atoms. The summed E-state index contributed by atoms with van der Waals surface area (Å²) < 4.78 is 116. The minimum absolute atomic E-state index is 0. The van der Waals surface area contributed by atoms with Gasteiger partial charge in [0.15, 0.2) is 23.3 Å². The lowest BCUT2D eigenvalue weighted by molar-refractivity contribution is 0.141. The smallest absolute Gasteiger partial charge is 0.414 e. The largest absolute Gasteiger partial charge is 0.443 e. The van der Waals surface area contributed by atoms with E-state index in [2.05, 4.69) is 17.5 Å². The van der Waals surface area contributed by atoms with Crippen LogP contribution >= 0.6 is 24.6 Å². The first-order valence-corrected chi connectivity index (χ1v) is 19.0. The van der Waals surface area contributed by atoms with Crippen molar-refractivity contribution in [2.24, 2.45) is 5.73 Å². The minimum atomic E-state index is -2.83. The van der Waals surface area contributed by atoms with Crippen molar-refractivity contribution >= 4 is 86.1 Å². The van der Waals surface area contributed by atoms with Gasteiger partial charge in [-0.3, -0.25) is 18.2 Å². The highest BCUT2D eigenvalue weighted by atomic mass is 35.5. The Morgan fingerprint density at radius 3 is 1.48 bits per heavy atom. The van der Waals surface area contributed by atoms with Crippen molar-refractivity contribution < 1.29 is 53.8 Å². The Morgan fingerprint density at radius 2 is 1.13 bits per heavy atom. The van der Waals surface area contributed by atoms with E-state index in [0.717, 1.165) is 29.2 Å². The van der Waals surface area contributed by atoms with Crippen LogP contribution in [0.5, 0.6) is 0 Å². The second kappa shape index (κ2) is 18.1. The molecule has 12 nitrogen and oxygen atoms in total. The van der Waals surface area contributed by atoms with Crippen LogP contribution in [-0.4, -0.2) is 120 Å². The predicted molar refractivity (Wildman–Crippen MR) is 191 cm³/mol. The van der Waals surface area contributed by atoms with Gasteiger partial charge in [-0.15, -0.1) is 12.4 Å². The molecule has 0 spiro atoms. The van der Waals surface area contributed by atoms with Crippen LogP contribution in [-0.2, 0) is 31.1 Å². The maximum absolute atomic E-state index is 14.6. The molecule has 4 aliphatic rings. The number of carbonyl (C=O) groups excluding carboxylic acids is 2. The van der Waals surface area contributed by atoms with E-state index in [1.807, 2.05) is 0 Å². The lowest BCUT2D eigenvalue weighted by Crippen LogP contribution is -2.39. The molecule has 2 aromatic rings. The second-order valence-electron chi connectivity index (χ2n) is 11.7. The molecule has 0 radical (unpaired) electrons. The third-order valence-corrected chi connectivity index (χ3v) is 11.2. The number of hydrogen-bond donors (Lipinski definition) is 2. The van der Waals surface area contributed by atoms with Gasteiger partial charge < -0.3 is 30.3 Å². The van der Waals surface area contributed by atoms with Gasteiger partial charge in [0.1, 0.15) is 28.6 Å². The van der Waals surface area contributed by atoms with Crippen LogP contribution in [0.25, 0.3) is 0 Å². The normalized spacial score (nSPS) is 21.1. The van der Waals surface area contributed by atoms with E-state index in [0.29, 0.717) is 36.1 Å². The molecule has 4 heterocycles. The number of thiocarbonyl (C=S) groups is 1. The quantitative estimate of drug-likeness (QED) is 0.300. The van der Waals surface area contributed by atoms with Crippen LogP contribution in [0.3, 0.4) is 0 Å². The zero-order chi connectivity index (χ0) is 37.0. The summed E-state index contributed by atoms with van der Waals surface area (Å²) in [6.45, 7) is 1.30. The Hall–Kier alpha value is -3.40. The van der Waals surface area contributed by atoms with Crippen molar-refractivity contribution in [2.45, 2.75) is 18.6 Å². The lowest BCUT2D eigenvalue weighted by atomic mass is 10.2. The van der Waals surface area contributed by atoms with Gasteiger partial charge in [-0.25, -0.2) is 35.9 Å². The number of rotatable bonds is 8. The Bertz CT molecular complexity index is 1650. The number of anilines is 4. The summed E-state index contributed by atoms with van der Waals surface area (Å²) >= 11 is 4.44. The van der Waals surface area contributed by atoms with E-state index in [9.17, 15) is 44.3 Å². The van der Waals surface area contributed by atoms with Crippen molar-refractivity contribution in [3.8, 4) is 0 Å². The molecule has 4 saturated heterocycles. The SMILES string of the molecule is Cl.NC[C@H]1CN(c2cc(F)c(N3CCS(=O)CC3)c(F)c2)C(=O)O1.O=C1O[C@@H](CNC(=S)C(F)F)CN1c1cc(F)c(N2CCS(=O)CC2)c(F)c1. The highest BCUT2D eigenvalue weighted by Gasteiger charge is 2.35. The standard InChI is InChI=1S/C16H17F4N3O3S2.C14H17F2N3O3S.ClH/c17-11-5-9(6-12(18)13(11)22-1-3-28(25)4-2-22)23-8-10(26-16(23)24)7-21-15(27)14(19)20;15-11-5-9(19-8-10(7-17)22-14(19)20)6-12(16)13(11)18-1-3-23(21)4-2-18;/h5-6,10,14H,1-4,7-8H2,(H,21,27);5-6,10H,1-4,7-8,17H2;1H/t2*10-;/m00./s1. The number of benzene rings is 2. The van der Waals surface area contributed by atoms with E-state index in [1.54, 1.807) is 4.90 Å². The van der Waals surface area contributed by atoms with Crippen LogP contribution < -0.4 is 30.7 Å². The zero-order valence-corrected chi connectivity index (χ0v) is 30.5. The van der Waals surface area contributed by atoms with Crippen molar-refractivity contribution in [1.82, 2.24) is 5.32 Å². The number of nitrogens with two attached hydrogens (primary N) is 1. The Morgan fingerprint density at radius 1 is 0.769 bits per heavy atom. The molecule has 2 aromatic carbocycles. The monoisotopic (exact) mass is 820 g/mol. The fourth-order valence-electron chi connectivity index (χ4n) is 5.73. The molecule has 288 valence electrons. The summed E-state index contributed by atoms with van der Waals surface area (Å²) in [5.41, 5.74) is 5.14. The van der Waals surface area contributed by atoms with E-state index < -0.39 is 80.7 Å². The van der Waals surface area contributed by atoms with Crippen LogP contribution in [0, 0.1) is 23.3 Å². The Labute approximate surface area is 311 Å². The maximum Gasteiger partial charge on any atom is 0.414 e. The molecule has 0 aliphatic carbocycles. The van der Waals surface area contributed by atoms with Gasteiger partial charge in [-0.1, -0.05) is 12.2 Å². The predicted octanol–water partition coefficient (Wildman–Crippen LogP) is 3.28. The van der Waals surface area contributed by atoms with Gasteiger partial charge in [-0.05, 0) is 0 Å². The zero-order valence-electron chi connectivity index (χ0n) is 27.2. The Kier molecular flexibility index (Phi) is 14.4. The van der Waals surface area contributed by atoms with E-state index in [1.165, 1.54) is 9.80 Å². The lowest BCUT2D eigenvalue weighted by Gasteiger charge is -2.29. The van der Waals surface area contributed by atoms with E-state index >= 15 is 0 Å². The van der Waals surface area contributed by atoms with Crippen molar-refractivity contribution in [3.63, 3.8) is 0 Å². The number of amides is 2. The minimum Gasteiger partial charge on any atom is -0.443 e. The number of carbonyl (C=O) groups is 2. The molecule has 0 unspecified atom stereocenters. The summed E-state index contributed by atoms with van der Waals surface area (Å²) in [6, 6.07) is 4.27. The number of nitrogens with one attached hydrogen (secondary N) is 1. The van der Waals surface area contributed by atoms with Crippen molar-refractivity contribution in [1.29, 1.82) is 0 Å². The summed E-state index contributed by atoms with van der Waals surface area (Å²) in [4.78, 5) is 28.3. The molecular weight excluding hydrogens is 786 g/mol. The molecule has 52 heavy (non-hydrogen) atoms. The molecule has 22 heteroatoms. The number of alkyl halides is 2. The molecule has 4 fully saturated rings. The summed E-state index contributed by atoms with van der Waals surface area (Å²) in [5.74, 6) is -1.78. The summed E-state index contributed by atoms with van der Waals surface area (Å²) in [6.07, 6.45) is -5.61. The van der Waals surface area contributed by atoms with Crippen molar-refractivity contribution in [3.05, 3.63) is 47.5 Å². The van der Waals surface area contributed by atoms with Gasteiger partial charge in [0.2, 0.25) is 0 Å². The first-order valence-electron chi connectivity index (χ1n) is 15.7. The first kappa shape index (κ1) is 41.4. The number of hydrogen-bond acceptors (Lipinski definition) is 10. The average Bonchev–Trinajstić information content (AvgIpc) is 3.66. The molecule has 3 N–H and O–H groups in total. The topological polar surface area (TPSA) is 138 Å². The first-order chi connectivity index (χ1) is 24.2. The second-order valence-corrected chi connectivity index (χ2v) is 15.5. The van der Waals surface area contributed by atoms with Crippen LogP contribution in [0.2, 0.25) is 0 Å². The van der Waals surface area contributed by atoms with Gasteiger partial charge in [-0.2, -0.15) is 0 Å². The van der Waals surface area contributed by atoms with Gasteiger partial charge in [0.25, 0.3) is 6.43 Å². The molecule has 2 atom stereocenters. The van der Waals surface area contributed by atoms with Crippen LogP contribution in [0.15, 0.2) is 24.3 Å². The molecule has 6 rings (SSSR count). The van der Waals surface area contributed by atoms with Gasteiger partial charge in [0, 0.05) is 102 Å². The summed E-state index contributed by atoms with van der Waals surface area (Å²) in [7, 11) is -1.92. The highest BCUT2D eigenvalue weighted by molar-refractivity contribution is 7.85. The Balaban J connectivity index is 0.000000232. The number of nitrogens with zero attached hydrogens (tertiary/aromatic N) is 4. The van der Waals surface area contributed by atoms with Crippen molar-refractivity contribution in [2.75, 3.05) is 95.0 Å². The third kappa shape index (κ3) is 9.77. The third-order valence-electron chi connectivity index (χ3n) is 8.33. The van der Waals surface area contributed by atoms with E-state index in [4.69, 9.17) is 15.2 Å². The highest BCUT2D eigenvalue weighted by Crippen LogP contribution is 2.33. The molecular formula is C30H35ClF6N6O6S3. The number of ether oxygens (including phenoxy) is 2. The fourth-order valence-corrected chi connectivity index (χ4v) is 7.92. The summed E-state index contributed by atoms with van der Waals surface area (Å²) in [5, 5.41) is 2.29. The van der Waals surface area contributed by atoms with Crippen LogP contribution in [0.1, 0.15) is 0 Å². The van der Waals surface area contributed by atoms with Gasteiger partial charge in [0.05, 0.1) is 31.0 Å². The van der Waals surface area contributed by atoms with E-state index in [-0.39, 0.29) is 74.4 Å². The molecule has 0 saturated carbocycles. The number of cyclic esters (lactones) is 2.